The Morgan fingerprint density at radius 1 is 1.22 bits per heavy atom. The zero-order valence-corrected chi connectivity index (χ0v) is 22.1. The average Bonchev–Trinajstić information content (AvgIpc) is 3.16. The van der Waals surface area contributed by atoms with Gasteiger partial charge in [-0.25, -0.2) is 18.6 Å². The van der Waals surface area contributed by atoms with E-state index in [-0.39, 0.29) is 48.1 Å². The third kappa shape index (κ3) is 6.82. The number of carboxylic acid groups (broad SMARTS) is 1. The van der Waals surface area contributed by atoms with Crippen LogP contribution in [0.5, 0.6) is 0 Å². The zero-order valence-electron chi connectivity index (χ0n) is 22.1. The largest absolute Gasteiger partial charge is 0.465 e. The molecule has 1 amide bonds. The summed E-state index contributed by atoms with van der Waals surface area (Å²) in [6.07, 6.45) is 0.746. The van der Waals surface area contributed by atoms with Crippen molar-refractivity contribution in [2.24, 2.45) is 11.8 Å². The highest BCUT2D eigenvalue weighted by molar-refractivity contribution is 6.00. The number of ether oxygens (including phenoxy) is 1. The van der Waals surface area contributed by atoms with Crippen molar-refractivity contribution in [3.63, 3.8) is 0 Å². The Bertz CT molecular complexity index is 1110. The molecule has 0 aliphatic carbocycles. The molecule has 0 spiro atoms. The fourth-order valence-corrected chi connectivity index (χ4v) is 4.90. The third-order valence-electron chi connectivity index (χ3n) is 7.08. The summed E-state index contributed by atoms with van der Waals surface area (Å²) in [4.78, 5) is 31.3. The Hall–Kier alpha value is -2.63. The van der Waals surface area contributed by atoms with E-state index in [0.29, 0.717) is 37.9 Å². The Kier molecular flexibility index (Phi) is 9.25. The van der Waals surface area contributed by atoms with Gasteiger partial charge >= 0.3 is 6.09 Å². The molecule has 1 fully saturated rings. The van der Waals surface area contributed by atoms with E-state index in [1.165, 1.54) is 4.90 Å². The maximum atomic E-state index is 14.1. The number of nitrogens with one attached hydrogen (secondary N) is 1. The Morgan fingerprint density at radius 3 is 2.49 bits per heavy atom. The number of nitrogens with zero attached hydrogens (tertiary/aromatic N) is 3. The molecule has 2 heterocycles. The first kappa shape index (κ1) is 28.9. The lowest BCUT2D eigenvalue weighted by atomic mass is 9.82. The van der Waals surface area contributed by atoms with Crippen molar-refractivity contribution in [1.82, 2.24) is 19.8 Å². The molecule has 1 aliphatic heterocycles. The lowest BCUT2D eigenvalue weighted by Gasteiger charge is -2.42. The number of unbranched alkanes of at least 4 members (excludes halogenated alkanes) is 1. The summed E-state index contributed by atoms with van der Waals surface area (Å²) >= 11 is 0. The van der Waals surface area contributed by atoms with Gasteiger partial charge in [-0.2, -0.15) is 0 Å². The molecular formula is C26H38F2N4O5. The van der Waals surface area contributed by atoms with E-state index in [2.05, 4.69) is 10.3 Å². The number of amides is 1. The number of aryl methyl sites for hydroxylation is 1. The number of imidazole rings is 1. The van der Waals surface area contributed by atoms with Gasteiger partial charge in [0.1, 0.15) is 0 Å². The standard InChI is InChI=1S/C26H38F2N4O5/c1-15(2)22(29-17-10-16(26(3,4)36)13-31(14-17)25(34)35)23(33)24-30-20-11-18(27)19(28)12-21(20)32(24)8-6-7-9-37-5/h11-12,15-17,22,29,36H,6-10,13-14H2,1-5H3,(H,34,35)/t16-,17+,22?/m1/s1. The van der Waals surface area contributed by atoms with Crippen LogP contribution >= 0.6 is 0 Å². The molecular weight excluding hydrogens is 486 g/mol. The topological polar surface area (TPSA) is 117 Å². The molecule has 0 bridgehead atoms. The van der Waals surface area contributed by atoms with E-state index >= 15 is 0 Å². The highest BCUT2D eigenvalue weighted by Gasteiger charge is 2.39. The average molecular weight is 525 g/mol. The smallest absolute Gasteiger partial charge is 0.407 e. The molecule has 3 atom stereocenters. The molecule has 1 aromatic carbocycles. The van der Waals surface area contributed by atoms with E-state index in [1.807, 2.05) is 13.8 Å². The van der Waals surface area contributed by atoms with E-state index in [1.54, 1.807) is 25.5 Å². The highest BCUT2D eigenvalue weighted by atomic mass is 19.2. The molecule has 1 aromatic heterocycles. The van der Waals surface area contributed by atoms with Gasteiger partial charge in [-0.15, -0.1) is 0 Å². The molecule has 1 unspecified atom stereocenters. The molecule has 3 rings (SSSR count). The van der Waals surface area contributed by atoms with Gasteiger partial charge < -0.3 is 29.7 Å². The molecule has 0 saturated carbocycles. The van der Waals surface area contributed by atoms with Gasteiger partial charge in [-0.1, -0.05) is 13.8 Å². The SMILES string of the molecule is COCCCCn1c(C(=O)C(N[C@H]2C[C@@H](C(C)(C)O)CN(C(=O)O)C2)C(C)C)nc2cc(F)c(F)cc21. The summed E-state index contributed by atoms with van der Waals surface area (Å²) < 4.78 is 34.8. The first-order valence-electron chi connectivity index (χ1n) is 12.7. The van der Waals surface area contributed by atoms with E-state index in [4.69, 9.17) is 4.74 Å². The zero-order chi connectivity index (χ0) is 27.5. The molecule has 1 saturated heterocycles. The van der Waals surface area contributed by atoms with Crippen LogP contribution in [0, 0.1) is 23.5 Å². The minimum absolute atomic E-state index is 0.0913. The number of hydrogen-bond donors (Lipinski definition) is 3. The Morgan fingerprint density at radius 2 is 1.89 bits per heavy atom. The number of carbonyl (C=O) groups excluding carboxylic acids is 1. The van der Waals surface area contributed by atoms with Crippen LogP contribution in [0.2, 0.25) is 0 Å². The highest BCUT2D eigenvalue weighted by Crippen LogP contribution is 2.29. The van der Waals surface area contributed by atoms with Crippen LogP contribution < -0.4 is 5.32 Å². The van der Waals surface area contributed by atoms with Crippen molar-refractivity contribution in [3.05, 3.63) is 29.6 Å². The van der Waals surface area contributed by atoms with Gasteiger partial charge in [0.2, 0.25) is 5.78 Å². The predicted molar refractivity (Wildman–Crippen MR) is 135 cm³/mol. The number of piperidine rings is 1. The van der Waals surface area contributed by atoms with Crippen LogP contribution in [-0.4, -0.2) is 81.0 Å². The van der Waals surface area contributed by atoms with Crippen molar-refractivity contribution >= 4 is 22.9 Å². The van der Waals surface area contributed by atoms with Crippen molar-refractivity contribution < 1.29 is 33.3 Å². The molecule has 3 N–H and O–H groups in total. The first-order valence-corrected chi connectivity index (χ1v) is 12.7. The van der Waals surface area contributed by atoms with Gasteiger partial charge in [-0.3, -0.25) is 4.79 Å². The fourth-order valence-electron chi connectivity index (χ4n) is 4.90. The number of aliphatic hydroxyl groups is 1. The first-order chi connectivity index (χ1) is 17.3. The van der Waals surface area contributed by atoms with Gasteiger partial charge in [0.25, 0.3) is 0 Å². The number of likely N-dealkylation sites (tertiary alicyclic amines) is 1. The van der Waals surface area contributed by atoms with Gasteiger partial charge in [0, 0.05) is 57.4 Å². The maximum absolute atomic E-state index is 14.1. The van der Waals surface area contributed by atoms with Crippen LogP contribution in [0.25, 0.3) is 11.0 Å². The number of Topliss-reactive ketones (excluding diaryl/α,β-unsaturated/α-hetero) is 1. The lowest BCUT2D eigenvalue weighted by Crippen LogP contribution is -2.58. The van der Waals surface area contributed by atoms with E-state index in [0.717, 1.165) is 12.1 Å². The van der Waals surface area contributed by atoms with Crippen molar-refractivity contribution in [3.8, 4) is 0 Å². The second-order valence-corrected chi connectivity index (χ2v) is 10.8. The van der Waals surface area contributed by atoms with Gasteiger partial charge in [0.15, 0.2) is 17.5 Å². The Balaban J connectivity index is 1.94. The van der Waals surface area contributed by atoms with Crippen LogP contribution in [-0.2, 0) is 11.3 Å². The molecule has 9 nitrogen and oxygen atoms in total. The third-order valence-corrected chi connectivity index (χ3v) is 7.08. The maximum Gasteiger partial charge on any atom is 0.407 e. The molecule has 206 valence electrons. The number of hydrogen-bond acceptors (Lipinski definition) is 6. The number of fused-ring (bicyclic) bond motifs is 1. The van der Waals surface area contributed by atoms with Crippen LogP contribution in [0.15, 0.2) is 12.1 Å². The number of benzene rings is 1. The minimum Gasteiger partial charge on any atom is -0.465 e. The predicted octanol–water partition coefficient (Wildman–Crippen LogP) is 3.68. The summed E-state index contributed by atoms with van der Waals surface area (Å²) in [5, 5.41) is 23.5. The minimum atomic E-state index is -1.10. The summed E-state index contributed by atoms with van der Waals surface area (Å²) in [6, 6.07) is 0.935. The molecule has 0 radical (unpaired) electrons. The summed E-state index contributed by atoms with van der Waals surface area (Å²) in [6.45, 7) is 8.29. The molecule has 37 heavy (non-hydrogen) atoms. The number of ketones is 1. The van der Waals surface area contributed by atoms with Crippen LogP contribution in [0.4, 0.5) is 13.6 Å². The summed E-state index contributed by atoms with van der Waals surface area (Å²) in [5.74, 6) is -2.82. The number of halogens is 2. The molecule has 1 aliphatic rings. The number of aromatic nitrogens is 2. The Labute approximate surface area is 215 Å². The number of methoxy groups -OCH3 is 1. The van der Waals surface area contributed by atoms with Crippen molar-refractivity contribution in [2.45, 2.75) is 71.2 Å². The van der Waals surface area contributed by atoms with Gasteiger partial charge in [-0.05, 0) is 39.0 Å². The normalized spacial score (nSPS) is 19.5. The molecule has 2 aromatic rings. The fraction of sp³-hybridized carbons (Fsp3) is 0.654. The molecule has 11 heteroatoms. The van der Waals surface area contributed by atoms with Crippen LogP contribution in [0.1, 0.15) is 57.6 Å². The lowest BCUT2D eigenvalue weighted by molar-refractivity contribution is -0.0232. The quantitative estimate of drug-likeness (QED) is 0.303. The summed E-state index contributed by atoms with van der Waals surface area (Å²) in [5.41, 5.74) is -0.581. The van der Waals surface area contributed by atoms with Crippen molar-refractivity contribution in [1.29, 1.82) is 0 Å². The second-order valence-electron chi connectivity index (χ2n) is 10.8. The van der Waals surface area contributed by atoms with Crippen molar-refractivity contribution in [2.75, 3.05) is 26.8 Å². The van der Waals surface area contributed by atoms with Gasteiger partial charge in [0.05, 0.1) is 22.7 Å². The van der Waals surface area contributed by atoms with Crippen LogP contribution in [0.3, 0.4) is 0 Å². The number of rotatable bonds is 11. The second kappa shape index (κ2) is 11.8. The number of carbonyl (C=O) groups is 2. The van der Waals surface area contributed by atoms with E-state index < -0.39 is 29.4 Å². The van der Waals surface area contributed by atoms with E-state index in [9.17, 15) is 28.6 Å². The monoisotopic (exact) mass is 524 g/mol. The summed E-state index contributed by atoms with van der Waals surface area (Å²) in [7, 11) is 1.60.